The van der Waals surface area contributed by atoms with Crippen LogP contribution in [0.15, 0.2) is 24.3 Å². The molecule has 1 aromatic rings. The van der Waals surface area contributed by atoms with Gasteiger partial charge in [0.25, 0.3) is 0 Å². The molecule has 1 heterocycles. The van der Waals surface area contributed by atoms with Crippen LogP contribution in [-0.2, 0) is 15.3 Å². The third-order valence-corrected chi connectivity index (χ3v) is 4.59. The molecule has 0 saturated carbocycles. The molecule has 0 aromatic heterocycles. The van der Waals surface area contributed by atoms with Gasteiger partial charge in [-0.25, -0.2) is 4.39 Å². The smallest absolute Gasteiger partial charge is 0.240 e. The molecule has 21 heavy (non-hydrogen) atoms. The van der Waals surface area contributed by atoms with Gasteiger partial charge < -0.3 is 15.8 Å². The molecular weight excluding hydrogens is 291 g/mol. The number of ether oxygens (including phenoxy) is 1. The molecule has 1 amide bonds. The number of carbonyl (C=O) groups excluding carboxylic acids is 1. The lowest BCUT2D eigenvalue weighted by molar-refractivity contribution is -0.129. The predicted molar refractivity (Wildman–Crippen MR) is 82.5 cm³/mol. The van der Waals surface area contributed by atoms with E-state index >= 15 is 0 Å². The second-order valence-corrected chi connectivity index (χ2v) is 6.27. The van der Waals surface area contributed by atoms with Crippen molar-refractivity contribution < 1.29 is 13.9 Å². The van der Waals surface area contributed by atoms with Crippen LogP contribution in [-0.4, -0.2) is 37.0 Å². The zero-order chi connectivity index (χ0) is 15.1. The average molecular weight is 312 g/mol. The van der Waals surface area contributed by atoms with Crippen LogP contribution in [0.4, 0.5) is 4.39 Å². The van der Waals surface area contributed by atoms with Gasteiger partial charge in [0.2, 0.25) is 5.91 Å². The van der Waals surface area contributed by atoms with Crippen molar-refractivity contribution >= 4 is 17.7 Å². The highest BCUT2D eigenvalue weighted by Crippen LogP contribution is 2.18. The Morgan fingerprint density at radius 3 is 2.81 bits per heavy atom. The Morgan fingerprint density at radius 1 is 1.38 bits per heavy atom. The molecule has 3 N–H and O–H groups in total. The monoisotopic (exact) mass is 312 g/mol. The summed E-state index contributed by atoms with van der Waals surface area (Å²) in [6.45, 7) is 1.61. The first-order valence-electron chi connectivity index (χ1n) is 7.08. The van der Waals surface area contributed by atoms with E-state index in [9.17, 15) is 9.18 Å². The van der Waals surface area contributed by atoms with Crippen molar-refractivity contribution in [3.8, 4) is 0 Å². The van der Waals surface area contributed by atoms with Crippen molar-refractivity contribution in [3.63, 3.8) is 0 Å². The number of amides is 1. The van der Waals surface area contributed by atoms with Gasteiger partial charge in [0.1, 0.15) is 5.82 Å². The highest BCUT2D eigenvalue weighted by atomic mass is 32.2. The van der Waals surface area contributed by atoms with Crippen LogP contribution in [0, 0.1) is 5.82 Å². The minimum atomic E-state index is -0.797. The molecule has 0 bridgehead atoms. The van der Waals surface area contributed by atoms with Gasteiger partial charge in [-0.1, -0.05) is 18.2 Å². The van der Waals surface area contributed by atoms with Crippen molar-refractivity contribution in [2.75, 3.05) is 25.5 Å². The van der Waals surface area contributed by atoms with Gasteiger partial charge >= 0.3 is 0 Å². The average Bonchev–Trinajstić information content (AvgIpc) is 2.49. The maximum atomic E-state index is 13.4. The van der Waals surface area contributed by atoms with E-state index in [-0.39, 0.29) is 11.7 Å². The molecule has 1 aliphatic heterocycles. The topological polar surface area (TPSA) is 64.4 Å². The second-order valence-electron chi connectivity index (χ2n) is 5.17. The molecule has 1 aromatic carbocycles. The molecule has 0 aliphatic carbocycles. The standard InChI is InChI=1S/C15H21FN2O2S/c16-13-4-2-1-3-12(13)11-21-10-7-18-14(19)15(17)5-8-20-9-6-15/h1-4H,5-11,17H2,(H,18,19). The van der Waals surface area contributed by atoms with Crippen molar-refractivity contribution in [2.45, 2.75) is 24.1 Å². The highest BCUT2D eigenvalue weighted by molar-refractivity contribution is 7.98. The largest absolute Gasteiger partial charge is 0.381 e. The maximum absolute atomic E-state index is 13.4. The van der Waals surface area contributed by atoms with Crippen molar-refractivity contribution in [1.82, 2.24) is 5.32 Å². The Hall–Kier alpha value is -1.11. The third kappa shape index (κ3) is 4.69. The number of carbonyl (C=O) groups is 1. The Bertz CT molecular complexity index is 478. The summed E-state index contributed by atoms with van der Waals surface area (Å²) in [4.78, 5) is 12.0. The molecule has 4 nitrogen and oxygen atoms in total. The van der Waals surface area contributed by atoms with Crippen LogP contribution >= 0.6 is 11.8 Å². The van der Waals surface area contributed by atoms with Gasteiger partial charge in [-0.15, -0.1) is 0 Å². The zero-order valence-electron chi connectivity index (χ0n) is 11.9. The molecule has 116 valence electrons. The van der Waals surface area contributed by atoms with E-state index in [0.29, 0.717) is 43.9 Å². The molecule has 0 atom stereocenters. The van der Waals surface area contributed by atoms with Gasteiger partial charge in [-0.3, -0.25) is 4.79 Å². The quantitative estimate of drug-likeness (QED) is 0.785. The maximum Gasteiger partial charge on any atom is 0.240 e. The van der Waals surface area contributed by atoms with Crippen LogP contribution in [0.25, 0.3) is 0 Å². The minimum absolute atomic E-state index is 0.114. The summed E-state index contributed by atoms with van der Waals surface area (Å²) in [5.41, 5.74) is 5.97. The van der Waals surface area contributed by atoms with E-state index in [1.54, 1.807) is 23.9 Å². The van der Waals surface area contributed by atoms with Gasteiger partial charge in [0, 0.05) is 31.3 Å². The Labute approximate surface area is 128 Å². The molecule has 1 fully saturated rings. The first-order valence-corrected chi connectivity index (χ1v) is 8.23. The number of hydrogen-bond acceptors (Lipinski definition) is 4. The van der Waals surface area contributed by atoms with Crippen molar-refractivity contribution in [3.05, 3.63) is 35.6 Å². The fourth-order valence-electron chi connectivity index (χ4n) is 2.17. The molecule has 0 radical (unpaired) electrons. The van der Waals surface area contributed by atoms with Gasteiger partial charge in [0.15, 0.2) is 0 Å². The third-order valence-electron chi connectivity index (χ3n) is 3.58. The van der Waals surface area contributed by atoms with Gasteiger partial charge in [-0.05, 0) is 24.5 Å². The first kappa shape index (κ1) is 16.3. The lowest BCUT2D eigenvalue weighted by atomic mass is 9.90. The first-order chi connectivity index (χ1) is 10.1. The number of thioether (sulfide) groups is 1. The Kier molecular flexibility index (Phi) is 6.02. The molecule has 0 spiro atoms. The molecule has 1 saturated heterocycles. The summed E-state index contributed by atoms with van der Waals surface area (Å²) >= 11 is 1.59. The van der Waals surface area contributed by atoms with E-state index < -0.39 is 5.54 Å². The fourth-order valence-corrected chi connectivity index (χ4v) is 3.02. The van der Waals surface area contributed by atoms with E-state index in [1.165, 1.54) is 6.07 Å². The number of benzene rings is 1. The fraction of sp³-hybridized carbons (Fsp3) is 0.533. The Balaban J connectivity index is 1.65. The van der Waals surface area contributed by atoms with Crippen LogP contribution in [0.2, 0.25) is 0 Å². The summed E-state index contributed by atoms with van der Waals surface area (Å²) in [5.74, 6) is 1.03. The Morgan fingerprint density at radius 2 is 2.10 bits per heavy atom. The van der Waals surface area contributed by atoms with E-state index in [1.807, 2.05) is 6.07 Å². The van der Waals surface area contributed by atoms with Crippen molar-refractivity contribution in [2.24, 2.45) is 5.73 Å². The molecule has 6 heteroatoms. The molecular formula is C15H21FN2O2S. The lowest BCUT2D eigenvalue weighted by Gasteiger charge is -2.31. The normalized spacial score (nSPS) is 17.4. The minimum Gasteiger partial charge on any atom is -0.381 e. The number of rotatable bonds is 6. The van der Waals surface area contributed by atoms with Crippen molar-refractivity contribution in [1.29, 1.82) is 0 Å². The molecule has 1 aliphatic rings. The summed E-state index contributed by atoms with van der Waals surface area (Å²) in [5, 5.41) is 2.86. The lowest BCUT2D eigenvalue weighted by Crippen LogP contribution is -2.57. The second kappa shape index (κ2) is 7.77. The van der Waals surface area contributed by atoms with Crippen LogP contribution in [0.3, 0.4) is 0 Å². The van der Waals surface area contributed by atoms with E-state index in [2.05, 4.69) is 5.32 Å². The van der Waals surface area contributed by atoms with Gasteiger partial charge in [0.05, 0.1) is 5.54 Å². The summed E-state index contributed by atoms with van der Waals surface area (Å²) in [6.07, 6.45) is 1.11. The van der Waals surface area contributed by atoms with E-state index in [0.717, 1.165) is 5.75 Å². The number of nitrogens with one attached hydrogen (secondary N) is 1. The summed E-state index contributed by atoms with van der Waals surface area (Å²) < 4.78 is 18.6. The number of nitrogens with two attached hydrogens (primary N) is 1. The number of hydrogen-bond donors (Lipinski definition) is 2. The predicted octanol–water partition coefficient (Wildman–Crippen LogP) is 1.68. The molecule has 2 rings (SSSR count). The zero-order valence-corrected chi connectivity index (χ0v) is 12.8. The highest BCUT2D eigenvalue weighted by Gasteiger charge is 2.35. The van der Waals surface area contributed by atoms with Crippen LogP contribution < -0.4 is 11.1 Å². The van der Waals surface area contributed by atoms with Crippen LogP contribution in [0.1, 0.15) is 18.4 Å². The van der Waals surface area contributed by atoms with E-state index in [4.69, 9.17) is 10.5 Å². The number of halogens is 1. The van der Waals surface area contributed by atoms with Gasteiger partial charge in [-0.2, -0.15) is 11.8 Å². The summed E-state index contributed by atoms with van der Waals surface area (Å²) in [6, 6.07) is 6.74. The summed E-state index contributed by atoms with van der Waals surface area (Å²) in [7, 11) is 0. The molecule has 0 unspecified atom stereocenters. The van der Waals surface area contributed by atoms with Crippen LogP contribution in [0.5, 0.6) is 0 Å². The SMILES string of the molecule is NC1(C(=O)NCCSCc2ccccc2F)CCOCC1.